The maximum atomic E-state index is 12.3. The van der Waals surface area contributed by atoms with E-state index in [1.807, 2.05) is 18.2 Å². The lowest BCUT2D eigenvalue weighted by molar-refractivity contribution is 0.0954. The predicted octanol–water partition coefficient (Wildman–Crippen LogP) is 5.51. The quantitative estimate of drug-likeness (QED) is 0.381. The van der Waals surface area contributed by atoms with Crippen LogP contribution in [0.3, 0.4) is 0 Å². The SMILES string of the molecule is C/C(=N/NC(=O)c1cccc(Br)c1)c1ccc(NC(=O)c2ccccc2Cl)cc1. The lowest BCUT2D eigenvalue weighted by Gasteiger charge is -2.08. The molecule has 3 aromatic carbocycles. The number of carbonyl (C=O) groups excluding carboxylic acids is 2. The van der Waals surface area contributed by atoms with Gasteiger partial charge in [0.2, 0.25) is 0 Å². The fourth-order valence-electron chi connectivity index (χ4n) is 2.53. The minimum absolute atomic E-state index is 0.282. The van der Waals surface area contributed by atoms with Gasteiger partial charge < -0.3 is 5.32 Å². The molecule has 3 rings (SSSR count). The molecule has 3 aromatic rings. The zero-order valence-corrected chi connectivity index (χ0v) is 17.8. The first-order chi connectivity index (χ1) is 13.9. The van der Waals surface area contributed by atoms with Crippen molar-refractivity contribution in [2.75, 3.05) is 5.32 Å². The van der Waals surface area contributed by atoms with Crippen molar-refractivity contribution >= 4 is 50.7 Å². The van der Waals surface area contributed by atoms with E-state index in [9.17, 15) is 9.59 Å². The van der Waals surface area contributed by atoms with Crippen molar-refractivity contribution < 1.29 is 9.59 Å². The van der Waals surface area contributed by atoms with E-state index in [2.05, 4.69) is 31.8 Å². The summed E-state index contributed by atoms with van der Waals surface area (Å²) in [6.45, 7) is 1.79. The zero-order chi connectivity index (χ0) is 20.8. The lowest BCUT2D eigenvalue weighted by atomic mass is 10.1. The van der Waals surface area contributed by atoms with Crippen LogP contribution < -0.4 is 10.7 Å². The Hall–Kier alpha value is -2.96. The molecule has 0 spiro atoms. The van der Waals surface area contributed by atoms with E-state index in [0.717, 1.165) is 10.0 Å². The van der Waals surface area contributed by atoms with Gasteiger partial charge in [0.15, 0.2) is 0 Å². The van der Waals surface area contributed by atoms with Crippen LogP contribution in [-0.4, -0.2) is 17.5 Å². The molecule has 146 valence electrons. The summed E-state index contributed by atoms with van der Waals surface area (Å²) in [6.07, 6.45) is 0. The number of nitrogens with zero attached hydrogens (tertiary/aromatic N) is 1. The third kappa shape index (κ3) is 5.53. The standard InChI is InChI=1S/C22H17BrClN3O2/c1-14(26-27-21(28)16-5-4-6-17(23)13-16)15-9-11-18(12-10-15)25-22(29)19-7-2-3-8-20(19)24/h2-13H,1H3,(H,25,29)(H,27,28)/b26-14-. The maximum absolute atomic E-state index is 12.3. The first-order valence-corrected chi connectivity index (χ1v) is 9.87. The Balaban J connectivity index is 1.64. The van der Waals surface area contributed by atoms with Gasteiger partial charge in [-0.25, -0.2) is 5.43 Å². The molecule has 2 N–H and O–H groups in total. The molecule has 0 saturated heterocycles. The highest BCUT2D eigenvalue weighted by Gasteiger charge is 2.10. The normalized spacial score (nSPS) is 11.1. The van der Waals surface area contributed by atoms with Crippen molar-refractivity contribution in [3.05, 3.63) is 99.0 Å². The number of anilines is 1. The minimum atomic E-state index is -0.297. The van der Waals surface area contributed by atoms with E-state index >= 15 is 0 Å². The second kappa shape index (κ2) is 9.49. The van der Waals surface area contributed by atoms with Crippen molar-refractivity contribution in [2.24, 2.45) is 5.10 Å². The number of hydrogen-bond donors (Lipinski definition) is 2. The number of rotatable bonds is 5. The Morgan fingerprint density at radius 1 is 0.897 bits per heavy atom. The van der Waals surface area contributed by atoms with Gasteiger partial charge in [-0.1, -0.05) is 57.9 Å². The second-order valence-electron chi connectivity index (χ2n) is 6.16. The second-order valence-corrected chi connectivity index (χ2v) is 7.48. The van der Waals surface area contributed by atoms with Gasteiger partial charge in [-0.3, -0.25) is 9.59 Å². The number of hydrazone groups is 1. The highest BCUT2D eigenvalue weighted by molar-refractivity contribution is 9.10. The van der Waals surface area contributed by atoms with Gasteiger partial charge in [0, 0.05) is 15.7 Å². The smallest absolute Gasteiger partial charge is 0.271 e. The van der Waals surface area contributed by atoms with Crippen molar-refractivity contribution in [1.29, 1.82) is 0 Å². The molecule has 0 atom stereocenters. The fraction of sp³-hybridized carbons (Fsp3) is 0.0455. The molecule has 0 aliphatic rings. The van der Waals surface area contributed by atoms with E-state index in [1.165, 1.54) is 0 Å². The Kier molecular flexibility index (Phi) is 6.80. The van der Waals surface area contributed by atoms with Gasteiger partial charge in [0.25, 0.3) is 11.8 Å². The lowest BCUT2D eigenvalue weighted by Crippen LogP contribution is -2.19. The van der Waals surface area contributed by atoms with Crippen LogP contribution in [-0.2, 0) is 0 Å². The molecule has 5 nitrogen and oxygen atoms in total. The van der Waals surface area contributed by atoms with Gasteiger partial charge >= 0.3 is 0 Å². The molecule has 0 saturated carbocycles. The van der Waals surface area contributed by atoms with Crippen molar-refractivity contribution in [3.63, 3.8) is 0 Å². The van der Waals surface area contributed by atoms with E-state index in [-0.39, 0.29) is 11.8 Å². The summed E-state index contributed by atoms with van der Waals surface area (Å²) >= 11 is 9.39. The third-order valence-corrected chi connectivity index (χ3v) is 4.91. The molecule has 0 heterocycles. The average molecular weight is 471 g/mol. The van der Waals surface area contributed by atoms with Gasteiger partial charge in [-0.15, -0.1) is 0 Å². The minimum Gasteiger partial charge on any atom is -0.322 e. The van der Waals surface area contributed by atoms with Crippen molar-refractivity contribution in [3.8, 4) is 0 Å². The van der Waals surface area contributed by atoms with Crippen LogP contribution in [0.4, 0.5) is 5.69 Å². The molecule has 0 aliphatic carbocycles. The van der Waals surface area contributed by atoms with E-state index < -0.39 is 0 Å². The Labute approximate surface area is 181 Å². The van der Waals surface area contributed by atoms with E-state index in [4.69, 9.17) is 11.6 Å². The number of nitrogens with one attached hydrogen (secondary N) is 2. The van der Waals surface area contributed by atoms with Crippen LogP contribution in [0.2, 0.25) is 5.02 Å². The summed E-state index contributed by atoms with van der Waals surface area (Å²) in [6, 6.07) is 21.1. The topological polar surface area (TPSA) is 70.6 Å². The van der Waals surface area contributed by atoms with Gasteiger partial charge in [-0.2, -0.15) is 5.10 Å². The third-order valence-electron chi connectivity index (χ3n) is 4.09. The van der Waals surface area contributed by atoms with Crippen LogP contribution in [0, 0.1) is 0 Å². The molecule has 0 bridgehead atoms. The Morgan fingerprint density at radius 3 is 2.31 bits per heavy atom. The molecule has 2 amide bonds. The summed E-state index contributed by atoms with van der Waals surface area (Å²) in [4.78, 5) is 24.5. The average Bonchev–Trinajstić information content (AvgIpc) is 2.72. The van der Waals surface area contributed by atoms with E-state index in [0.29, 0.717) is 27.5 Å². The summed E-state index contributed by atoms with van der Waals surface area (Å²) < 4.78 is 0.820. The summed E-state index contributed by atoms with van der Waals surface area (Å²) in [7, 11) is 0. The highest BCUT2D eigenvalue weighted by atomic mass is 79.9. The number of amides is 2. The first kappa shape index (κ1) is 20.8. The van der Waals surface area contributed by atoms with Crippen LogP contribution in [0.25, 0.3) is 0 Å². The number of benzene rings is 3. The Bertz CT molecular complexity index is 1080. The number of halogens is 2. The van der Waals surface area contributed by atoms with Crippen LogP contribution >= 0.6 is 27.5 Å². The molecule has 0 unspecified atom stereocenters. The number of carbonyl (C=O) groups is 2. The van der Waals surface area contributed by atoms with E-state index in [1.54, 1.807) is 61.5 Å². The summed E-state index contributed by atoms with van der Waals surface area (Å²) in [5.74, 6) is -0.579. The summed E-state index contributed by atoms with van der Waals surface area (Å²) in [5.41, 5.74) is 5.54. The molecular weight excluding hydrogens is 454 g/mol. The molecule has 7 heteroatoms. The molecule has 0 aromatic heterocycles. The van der Waals surface area contributed by atoms with Gasteiger partial charge in [-0.05, 0) is 55.0 Å². The highest BCUT2D eigenvalue weighted by Crippen LogP contribution is 2.18. The monoisotopic (exact) mass is 469 g/mol. The van der Waals surface area contributed by atoms with Crippen LogP contribution in [0.1, 0.15) is 33.2 Å². The first-order valence-electron chi connectivity index (χ1n) is 8.70. The van der Waals surface area contributed by atoms with Gasteiger partial charge in [0.05, 0.1) is 16.3 Å². The predicted molar refractivity (Wildman–Crippen MR) is 120 cm³/mol. The Morgan fingerprint density at radius 2 is 1.62 bits per heavy atom. The largest absolute Gasteiger partial charge is 0.322 e. The fourth-order valence-corrected chi connectivity index (χ4v) is 3.15. The zero-order valence-electron chi connectivity index (χ0n) is 15.4. The van der Waals surface area contributed by atoms with Gasteiger partial charge in [0.1, 0.15) is 0 Å². The molecule has 0 fully saturated rings. The molecule has 29 heavy (non-hydrogen) atoms. The molecule has 0 radical (unpaired) electrons. The maximum Gasteiger partial charge on any atom is 0.271 e. The summed E-state index contributed by atoms with van der Waals surface area (Å²) in [5, 5.41) is 7.35. The number of hydrogen-bond acceptors (Lipinski definition) is 3. The van der Waals surface area contributed by atoms with Crippen LogP contribution in [0.15, 0.2) is 82.4 Å². The van der Waals surface area contributed by atoms with Crippen molar-refractivity contribution in [2.45, 2.75) is 6.92 Å². The van der Waals surface area contributed by atoms with Crippen molar-refractivity contribution in [1.82, 2.24) is 5.43 Å². The molecule has 0 aliphatic heterocycles. The molecular formula is C22H17BrClN3O2. The van der Waals surface area contributed by atoms with Crippen LogP contribution in [0.5, 0.6) is 0 Å².